The van der Waals surface area contributed by atoms with E-state index in [4.69, 9.17) is 0 Å². The van der Waals surface area contributed by atoms with Crippen molar-refractivity contribution in [3.63, 3.8) is 0 Å². The Labute approximate surface area is 147 Å². The molecule has 1 aromatic carbocycles. The van der Waals surface area contributed by atoms with Crippen LogP contribution in [0, 0.1) is 11.3 Å². The first-order valence-electron chi connectivity index (χ1n) is 8.25. The lowest BCUT2D eigenvalue weighted by molar-refractivity contribution is -0.127. The highest BCUT2D eigenvalue weighted by molar-refractivity contribution is 8.00. The van der Waals surface area contributed by atoms with Crippen LogP contribution in [-0.2, 0) is 4.79 Å². The molecule has 126 valence electrons. The van der Waals surface area contributed by atoms with E-state index in [0.29, 0.717) is 35.3 Å². The number of carbonyl (C=O) groups is 1. The molecule has 1 aromatic heterocycles. The summed E-state index contributed by atoms with van der Waals surface area (Å²) in [7, 11) is 0. The number of fused-ring (bicyclic) bond motifs is 1. The number of benzene rings is 1. The first kappa shape index (κ1) is 18.3. The number of pyridine rings is 1. The van der Waals surface area contributed by atoms with Gasteiger partial charge in [-0.2, -0.15) is 5.26 Å². The van der Waals surface area contributed by atoms with Crippen molar-refractivity contribution in [1.82, 2.24) is 9.88 Å². The number of hydrogen-bond donors (Lipinski definition) is 0. The van der Waals surface area contributed by atoms with E-state index in [1.54, 1.807) is 4.90 Å². The number of aromatic nitrogens is 1. The van der Waals surface area contributed by atoms with Gasteiger partial charge in [-0.05, 0) is 43.5 Å². The molecule has 0 atom stereocenters. The zero-order valence-electron chi connectivity index (χ0n) is 14.7. The first-order chi connectivity index (χ1) is 11.5. The van der Waals surface area contributed by atoms with Crippen molar-refractivity contribution in [2.75, 3.05) is 18.8 Å². The van der Waals surface area contributed by atoms with Crippen molar-refractivity contribution in [3.8, 4) is 6.07 Å². The monoisotopic (exact) mass is 341 g/mol. The van der Waals surface area contributed by atoms with E-state index < -0.39 is 0 Å². The van der Waals surface area contributed by atoms with E-state index in [0.717, 1.165) is 10.9 Å². The average molecular weight is 341 g/mol. The molecule has 2 rings (SSSR count). The molecular weight excluding hydrogens is 318 g/mol. The maximum atomic E-state index is 12.2. The van der Waals surface area contributed by atoms with Crippen LogP contribution in [0.2, 0.25) is 0 Å². The van der Waals surface area contributed by atoms with Gasteiger partial charge < -0.3 is 4.90 Å². The van der Waals surface area contributed by atoms with Gasteiger partial charge in [0.05, 0.1) is 16.8 Å². The molecule has 2 aromatic rings. The Hall–Kier alpha value is -2.06. The molecular formula is C19H23N3OS. The van der Waals surface area contributed by atoms with Gasteiger partial charge in [-0.15, -0.1) is 0 Å². The first-order valence-corrected chi connectivity index (χ1v) is 9.24. The van der Waals surface area contributed by atoms with E-state index in [1.807, 2.05) is 26.0 Å². The van der Waals surface area contributed by atoms with Gasteiger partial charge in [0.15, 0.2) is 0 Å². The molecule has 4 nitrogen and oxygen atoms in total. The summed E-state index contributed by atoms with van der Waals surface area (Å²) in [5, 5.41) is 11.0. The lowest BCUT2D eigenvalue weighted by atomic mass is 10.0. The predicted octanol–water partition coefficient (Wildman–Crippen LogP) is 4.19. The van der Waals surface area contributed by atoms with Crippen LogP contribution in [0.5, 0.6) is 0 Å². The number of carbonyl (C=O) groups excluding carboxylic acids is 1. The largest absolute Gasteiger partial charge is 0.343 e. The second-order valence-electron chi connectivity index (χ2n) is 5.91. The van der Waals surface area contributed by atoms with Gasteiger partial charge in [0, 0.05) is 18.5 Å². The Balaban J connectivity index is 2.29. The SMILES string of the molecule is CCN(CC)C(=O)CSc1nc2ccc(C(C)C)cc2cc1C#N. The topological polar surface area (TPSA) is 57.0 Å². The average Bonchev–Trinajstić information content (AvgIpc) is 2.59. The van der Waals surface area contributed by atoms with Crippen molar-refractivity contribution in [2.45, 2.75) is 38.6 Å². The van der Waals surface area contributed by atoms with Crippen LogP contribution in [0.25, 0.3) is 10.9 Å². The third-order valence-corrected chi connectivity index (χ3v) is 5.02. The number of nitriles is 1. The van der Waals surface area contributed by atoms with Gasteiger partial charge in [-0.3, -0.25) is 4.79 Å². The molecule has 0 fully saturated rings. The summed E-state index contributed by atoms with van der Waals surface area (Å²) >= 11 is 1.34. The lowest BCUT2D eigenvalue weighted by Crippen LogP contribution is -2.31. The predicted molar refractivity (Wildman–Crippen MR) is 99.2 cm³/mol. The molecule has 24 heavy (non-hydrogen) atoms. The van der Waals surface area contributed by atoms with Gasteiger partial charge in [0.1, 0.15) is 11.1 Å². The van der Waals surface area contributed by atoms with Crippen molar-refractivity contribution in [1.29, 1.82) is 5.26 Å². The smallest absolute Gasteiger partial charge is 0.232 e. The van der Waals surface area contributed by atoms with Crippen molar-refractivity contribution in [3.05, 3.63) is 35.4 Å². The molecule has 1 amide bonds. The fraction of sp³-hybridized carbons (Fsp3) is 0.421. The molecule has 0 aliphatic carbocycles. The molecule has 1 heterocycles. The molecule has 0 saturated carbocycles. The highest BCUT2D eigenvalue weighted by Crippen LogP contribution is 2.27. The maximum Gasteiger partial charge on any atom is 0.232 e. The molecule has 0 N–H and O–H groups in total. The van der Waals surface area contributed by atoms with Gasteiger partial charge in [0.2, 0.25) is 5.91 Å². The summed E-state index contributed by atoms with van der Waals surface area (Å²) in [6.07, 6.45) is 0. The zero-order valence-corrected chi connectivity index (χ0v) is 15.5. The highest BCUT2D eigenvalue weighted by Gasteiger charge is 2.14. The lowest BCUT2D eigenvalue weighted by Gasteiger charge is -2.18. The van der Waals surface area contributed by atoms with E-state index >= 15 is 0 Å². The third kappa shape index (κ3) is 4.07. The van der Waals surface area contributed by atoms with E-state index in [-0.39, 0.29) is 5.91 Å². The van der Waals surface area contributed by atoms with Crippen LogP contribution in [0.3, 0.4) is 0 Å². The number of nitrogens with zero attached hydrogens (tertiary/aromatic N) is 3. The summed E-state index contributed by atoms with van der Waals surface area (Å²) < 4.78 is 0. The Morgan fingerprint density at radius 3 is 2.58 bits per heavy atom. The second kappa shape index (κ2) is 8.16. The Morgan fingerprint density at radius 1 is 1.29 bits per heavy atom. The summed E-state index contributed by atoms with van der Waals surface area (Å²) in [5.74, 6) is 0.811. The molecule has 0 aliphatic heterocycles. The normalized spacial score (nSPS) is 10.8. The molecule has 0 bridgehead atoms. The second-order valence-corrected chi connectivity index (χ2v) is 6.88. The van der Waals surface area contributed by atoms with Crippen LogP contribution in [-0.4, -0.2) is 34.6 Å². The van der Waals surface area contributed by atoms with Crippen LogP contribution in [0.1, 0.15) is 44.7 Å². The van der Waals surface area contributed by atoms with Crippen LogP contribution in [0.4, 0.5) is 0 Å². The van der Waals surface area contributed by atoms with E-state index in [9.17, 15) is 10.1 Å². The fourth-order valence-electron chi connectivity index (χ4n) is 2.52. The quantitative estimate of drug-likeness (QED) is 0.739. The van der Waals surface area contributed by atoms with Crippen molar-refractivity contribution < 1.29 is 4.79 Å². The molecule has 0 spiro atoms. The number of thioether (sulfide) groups is 1. The van der Waals surface area contributed by atoms with Crippen LogP contribution < -0.4 is 0 Å². The molecule has 0 aliphatic rings. The molecule has 0 radical (unpaired) electrons. The Bertz CT molecular complexity index is 776. The Morgan fingerprint density at radius 2 is 2.00 bits per heavy atom. The van der Waals surface area contributed by atoms with E-state index in [2.05, 4.69) is 37.0 Å². The standard InChI is InChI=1S/C19H23N3OS/c1-5-22(6-2)18(23)12-24-19-16(11-20)10-15-9-14(13(3)4)7-8-17(15)21-19/h7-10,13H,5-6,12H2,1-4H3. The minimum Gasteiger partial charge on any atom is -0.343 e. The Kier molecular flexibility index (Phi) is 6.22. The summed E-state index contributed by atoms with van der Waals surface area (Å²) in [4.78, 5) is 18.5. The van der Waals surface area contributed by atoms with Crippen molar-refractivity contribution >= 4 is 28.6 Å². The minimum atomic E-state index is 0.0749. The fourth-order valence-corrected chi connectivity index (χ4v) is 3.39. The van der Waals surface area contributed by atoms with Gasteiger partial charge >= 0.3 is 0 Å². The molecule has 0 unspecified atom stereocenters. The van der Waals surface area contributed by atoms with Gasteiger partial charge in [-0.25, -0.2) is 4.98 Å². The number of amides is 1. The molecule has 0 saturated heterocycles. The van der Waals surface area contributed by atoms with Gasteiger partial charge in [-0.1, -0.05) is 31.7 Å². The maximum absolute atomic E-state index is 12.2. The van der Waals surface area contributed by atoms with Gasteiger partial charge in [0.25, 0.3) is 0 Å². The minimum absolute atomic E-state index is 0.0749. The van der Waals surface area contributed by atoms with Crippen LogP contribution >= 0.6 is 11.8 Å². The summed E-state index contributed by atoms with van der Waals surface area (Å²) in [6.45, 7) is 9.61. The highest BCUT2D eigenvalue weighted by atomic mass is 32.2. The van der Waals surface area contributed by atoms with E-state index in [1.165, 1.54) is 17.3 Å². The zero-order chi connectivity index (χ0) is 17.7. The summed E-state index contributed by atoms with van der Waals surface area (Å²) in [6, 6.07) is 10.2. The van der Waals surface area contributed by atoms with Crippen molar-refractivity contribution in [2.24, 2.45) is 0 Å². The molecule has 5 heteroatoms. The third-order valence-electron chi connectivity index (χ3n) is 4.04. The summed E-state index contributed by atoms with van der Waals surface area (Å²) in [5.41, 5.74) is 2.61. The number of rotatable bonds is 6. The number of hydrogen-bond acceptors (Lipinski definition) is 4. The van der Waals surface area contributed by atoms with Crippen LogP contribution in [0.15, 0.2) is 29.3 Å².